The van der Waals surface area contributed by atoms with Crippen LogP contribution in [0.3, 0.4) is 0 Å². The van der Waals surface area contributed by atoms with Crippen molar-refractivity contribution in [2.24, 2.45) is 0 Å². The van der Waals surface area contributed by atoms with Crippen molar-refractivity contribution in [3.05, 3.63) is 33.9 Å². The zero-order valence-electron chi connectivity index (χ0n) is 10.4. The van der Waals surface area contributed by atoms with Crippen LogP contribution in [-0.4, -0.2) is 31.0 Å². The molecule has 1 saturated heterocycles. The summed E-state index contributed by atoms with van der Waals surface area (Å²) in [6.45, 7) is 1.58. The van der Waals surface area contributed by atoms with E-state index >= 15 is 0 Å². The largest absolute Gasteiger partial charge is 0.311 e. The number of aryl methyl sites for hydroxylation is 1. The predicted octanol–water partition coefficient (Wildman–Crippen LogP) is 1.58. The number of benzene rings is 1. The third-order valence-electron chi connectivity index (χ3n) is 3.17. The van der Waals surface area contributed by atoms with E-state index in [4.69, 9.17) is 10.7 Å². The first-order valence-corrected chi connectivity index (χ1v) is 8.06. The summed E-state index contributed by atoms with van der Waals surface area (Å²) in [5.41, 5.74) is 0.906. The van der Waals surface area contributed by atoms with Gasteiger partial charge in [0.05, 0.1) is 4.92 Å². The van der Waals surface area contributed by atoms with Gasteiger partial charge in [0.1, 0.15) is 5.25 Å². The topological polar surface area (TPSA) is 97.6 Å². The molecule has 1 aromatic rings. The average molecular weight is 319 g/mol. The van der Waals surface area contributed by atoms with Gasteiger partial charge >= 0.3 is 0 Å². The molecule has 0 radical (unpaired) electrons. The zero-order chi connectivity index (χ0) is 15.1. The minimum Gasteiger partial charge on any atom is -0.311 e. The maximum absolute atomic E-state index is 11.9. The molecule has 20 heavy (non-hydrogen) atoms. The fourth-order valence-corrected chi connectivity index (χ4v) is 3.18. The van der Waals surface area contributed by atoms with Gasteiger partial charge in [0, 0.05) is 41.5 Å². The monoisotopic (exact) mass is 318 g/mol. The van der Waals surface area contributed by atoms with E-state index < -0.39 is 19.2 Å². The number of carbonyl (C=O) groups is 1. The number of nitrogens with zero attached hydrogens (tertiary/aromatic N) is 2. The first kappa shape index (κ1) is 14.7. The van der Waals surface area contributed by atoms with E-state index in [1.165, 1.54) is 23.1 Å². The number of nitro groups is 1. The standard InChI is InChI=1S/C11H11ClN2O5S/c1-7-4-8(14(16)17)2-3-10(7)13-6-9(5-11(13)15)20(12,18)19/h2-4,9H,5-6H2,1H3. The van der Waals surface area contributed by atoms with Crippen molar-refractivity contribution in [2.45, 2.75) is 18.6 Å². The first-order chi connectivity index (χ1) is 9.20. The van der Waals surface area contributed by atoms with Gasteiger partial charge in [-0.3, -0.25) is 14.9 Å². The third kappa shape index (κ3) is 2.75. The quantitative estimate of drug-likeness (QED) is 0.478. The predicted molar refractivity (Wildman–Crippen MR) is 73.4 cm³/mol. The fourth-order valence-electron chi connectivity index (χ4n) is 2.15. The van der Waals surface area contributed by atoms with E-state index in [1.807, 2.05) is 0 Å². The second kappa shape index (κ2) is 5.02. The first-order valence-electron chi connectivity index (χ1n) is 5.69. The molecule has 108 valence electrons. The summed E-state index contributed by atoms with van der Waals surface area (Å²) in [5, 5.41) is 9.71. The fraction of sp³-hybridized carbons (Fsp3) is 0.364. The maximum Gasteiger partial charge on any atom is 0.269 e. The molecule has 1 fully saturated rings. The summed E-state index contributed by atoms with van der Waals surface area (Å²) in [7, 11) is 1.46. The van der Waals surface area contributed by atoms with Crippen molar-refractivity contribution in [3.8, 4) is 0 Å². The minimum atomic E-state index is -3.81. The Bertz CT molecular complexity index is 688. The zero-order valence-corrected chi connectivity index (χ0v) is 12.0. The van der Waals surface area contributed by atoms with E-state index in [2.05, 4.69) is 0 Å². The molecule has 1 unspecified atom stereocenters. The summed E-state index contributed by atoms with van der Waals surface area (Å²) in [6, 6.07) is 4.05. The molecule has 0 spiro atoms. The van der Waals surface area contributed by atoms with Gasteiger partial charge in [-0.1, -0.05) is 0 Å². The number of amides is 1. The minimum absolute atomic E-state index is 0.0384. The average Bonchev–Trinajstić information content (AvgIpc) is 2.71. The van der Waals surface area contributed by atoms with Gasteiger partial charge < -0.3 is 4.90 Å². The van der Waals surface area contributed by atoms with E-state index in [-0.39, 0.29) is 24.6 Å². The van der Waals surface area contributed by atoms with Gasteiger partial charge in [-0.15, -0.1) is 0 Å². The van der Waals surface area contributed by atoms with Gasteiger partial charge in [0.15, 0.2) is 0 Å². The number of anilines is 1. The molecule has 1 aromatic carbocycles. The second-order valence-electron chi connectivity index (χ2n) is 4.53. The van der Waals surface area contributed by atoms with E-state index in [1.54, 1.807) is 6.92 Å². The molecule has 0 N–H and O–H groups in total. The molecule has 0 bridgehead atoms. The highest BCUT2D eigenvalue weighted by molar-refractivity contribution is 8.14. The van der Waals surface area contributed by atoms with Crippen LogP contribution < -0.4 is 4.90 Å². The molecule has 0 saturated carbocycles. The Kier molecular flexibility index (Phi) is 3.70. The Morgan fingerprint density at radius 1 is 1.45 bits per heavy atom. The SMILES string of the molecule is Cc1cc([N+](=O)[O-])ccc1N1CC(S(=O)(=O)Cl)CC1=O. The molecule has 7 nitrogen and oxygen atoms in total. The van der Waals surface area contributed by atoms with Crippen molar-refractivity contribution < 1.29 is 18.1 Å². The van der Waals surface area contributed by atoms with Gasteiger partial charge in [-0.25, -0.2) is 8.42 Å². The Morgan fingerprint density at radius 3 is 2.55 bits per heavy atom. The lowest BCUT2D eigenvalue weighted by Crippen LogP contribution is -2.27. The number of carbonyl (C=O) groups excluding carboxylic acids is 1. The Balaban J connectivity index is 2.33. The Morgan fingerprint density at radius 2 is 2.10 bits per heavy atom. The molecule has 0 aliphatic carbocycles. The highest BCUT2D eigenvalue weighted by atomic mass is 35.7. The molecular weight excluding hydrogens is 308 g/mol. The molecule has 1 amide bonds. The molecule has 9 heteroatoms. The number of hydrogen-bond donors (Lipinski definition) is 0. The molecule has 2 rings (SSSR count). The van der Waals surface area contributed by atoms with Gasteiger partial charge in [0.2, 0.25) is 15.0 Å². The van der Waals surface area contributed by atoms with Crippen LogP contribution in [0.15, 0.2) is 18.2 Å². The van der Waals surface area contributed by atoms with Crippen LogP contribution in [-0.2, 0) is 13.8 Å². The smallest absolute Gasteiger partial charge is 0.269 e. The number of halogens is 1. The van der Waals surface area contributed by atoms with Crippen LogP contribution >= 0.6 is 10.7 Å². The van der Waals surface area contributed by atoms with Crippen molar-refractivity contribution in [1.82, 2.24) is 0 Å². The normalized spacial score (nSPS) is 19.4. The van der Waals surface area contributed by atoms with Gasteiger partial charge in [0.25, 0.3) is 5.69 Å². The second-order valence-corrected chi connectivity index (χ2v) is 7.44. The van der Waals surface area contributed by atoms with Crippen LogP contribution in [0.4, 0.5) is 11.4 Å². The molecule has 0 aromatic heterocycles. The van der Waals surface area contributed by atoms with Crippen molar-refractivity contribution in [3.63, 3.8) is 0 Å². The van der Waals surface area contributed by atoms with E-state index in [9.17, 15) is 23.3 Å². The molecule has 1 atom stereocenters. The number of non-ortho nitro benzene ring substituents is 1. The van der Waals surface area contributed by atoms with Crippen LogP contribution in [0.25, 0.3) is 0 Å². The van der Waals surface area contributed by atoms with E-state index in [0.717, 1.165) is 0 Å². The lowest BCUT2D eigenvalue weighted by molar-refractivity contribution is -0.384. The Labute approximate surface area is 119 Å². The summed E-state index contributed by atoms with van der Waals surface area (Å²) < 4.78 is 22.6. The lowest BCUT2D eigenvalue weighted by atomic mass is 10.1. The highest BCUT2D eigenvalue weighted by Crippen LogP contribution is 2.30. The summed E-state index contributed by atoms with van der Waals surface area (Å²) >= 11 is 0. The van der Waals surface area contributed by atoms with Gasteiger partial charge in [-0.05, 0) is 18.6 Å². The summed E-state index contributed by atoms with van der Waals surface area (Å²) in [6.07, 6.45) is -0.178. The molecule has 1 aliphatic heterocycles. The van der Waals surface area contributed by atoms with E-state index in [0.29, 0.717) is 11.3 Å². The number of nitro benzene ring substituents is 1. The van der Waals surface area contributed by atoms with Crippen molar-refractivity contribution >= 4 is 37.0 Å². The van der Waals surface area contributed by atoms with Crippen LogP contribution in [0.5, 0.6) is 0 Å². The van der Waals surface area contributed by atoms with Gasteiger partial charge in [-0.2, -0.15) is 0 Å². The molecular formula is C11H11ClN2O5S. The van der Waals surface area contributed by atoms with Crippen LogP contribution in [0.2, 0.25) is 0 Å². The summed E-state index contributed by atoms with van der Waals surface area (Å²) in [4.78, 5) is 23.3. The summed E-state index contributed by atoms with van der Waals surface area (Å²) in [5.74, 6) is -0.365. The lowest BCUT2D eigenvalue weighted by Gasteiger charge is -2.18. The number of rotatable bonds is 3. The van der Waals surface area contributed by atoms with Crippen LogP contribution in [0, 0.1) is 17.0 Å². The van der Waals surface area contributed by atoms with Crippen molar-refractivity contribution in [1.29, 1.82) is 0 Å². The molecule has 1 heterocycles. The van der Waals surface area contributed by atoms with Crippen molar-refractivity contribution in [2.75, 3.05) is 11.4 Å². The number of hydrogen-bond acceptors (Lipinski definition) is 5. The third-order valence-corrected chi connectivity index (χ3v) is 5.04. The molecule has 1 aliphatic rings. The van der Waals surface area contributed by atoms with Crippen LogP contribution in [0.1, 0.15) is 12.0 Å². The maximum atomic E-state index is 11.9. The highest BCUT2D eigenvalue weighted by Gasteiger charge is 2.38. The Hall–Kier alpha value is -1.67.